The monoisotopic (exact) mass is 144 g/mol. The highest BCUT2D eigenvalue weighted by Crippen LogP contribution is 2.02. The Morgan fingerprint density at radius 3 is 2.30 bits per heavy atom. The van der Waals surface area contributed by atoms with E-state index in [0.717, 1.165) is 0 Å². The van der Waals surface area contributed by atoms with Crippen LogP contribution >= 0.6 is 0 Å². The van der Waals surface area contributed by atoms with Crippen LogP contribution in [0.1, 0.15) is 33.6 Å². The molecule has 0 aromatic heterocycles. The molecule has 1 atom stereocenters. The summed E-state index contributed by atoms with van der Waals surface area (Å²) in [6.45, 7) is 7.42. The molecular weight excluding hydrogens is 124 g/mol. The molecule has 2 nitrogen and oxygen atoms in total. The van der Waals surface area contributed by atoms with Gasteiger partial charge < -0.3 is 0 Å². The van der Waals surface area contributed by atoms with Crippen LogP contribution in [0.25, 0.3) is 0 Å². The molecule has 0 amide bonds. The zero-order valence-corrected chi connectivity index (χ0v) is 7.65. The first-order valence-electron chi connectivity index (χ1n) is 4.26. The quantitative estimate of drug-likeness (QED) is 0.556. The van der Waals surface area contributed by atoms with E-state index in [2.05, 4.69) is 24.4 Å². The summed E-state index contributed by atoms with van der Waals surface area (Å²) in [7, 11) is 2.09. The molecule has 0 spiro atoms. The third kappa shape index (κ3) is 3.85. The van der Waals surface area contributed by atoms with Crippen LogP contribution in [-0.2, 0) is 0 Å². The lowest BCUT2D eigenvalue weighted by molar-refractivity contribution is 0.155. The Bertz CT molecular complexity index is 65.7. The van der Waals surface area contributed by atoms with Crippen LogP contribution in [0.15, 0.2) is 0 Å². The van der Waals surface area contributed by atoms with Crippen LogP contribution in [0.3, 0.4) is 0 Å². The summed E-state index contributed by atoms with van der Waals surface area (Å²) < 4.78 is 0. The number of hydrazine groups is 1. The minimum Gasteiger partial charge on any atom is -0.253 e. The van der Waals surface area contributed by atoms with Crippen molar-refractivity contribution >= 4 is 0 Å². The maximum Gasteiger partial charge on any atom is 0.0187 e. The second-order valence-corrected chi connectivity index (χ2v) is 2.59. The Kier molecular flexibility index (Phi) is 5.64. The Balaban J connectivity index is 0.000000371. The molecule has 10 heavy (non-hydrogen) atoms. The molecule has 1 heterocycles. The molecule has 0 aromatic carbocycles. The number of nitrogens with one attached hydrogen (secondary N) is 1. The van der Waals surface area contributed by atoms with Crippen LogP contribution in [0.2, 0.25) is 0 Å². The Hall–Kier alpha value is -0.0800. The van der Waals surface area contributed by atoms with Crippen molar-refractivity contribution in [1.29, 1.82) is 0 Å². The number of rotatable bonds is 0. The van der Waals surface area contributed by atoms with Gasteiger partial charge in [-0.05, 0) is 19.8 Å². The first-order chi connectivity index (χ1) is 4.79. The van der Waals surface area contributed by atoms with Crippen LogP contribution in [0.4, 0.5) is 0 Å². The molecule has 1 rings (SSSR count). The molecule has 1 aliphatic heterocycles. The molecule has 0 radical (unpaired) electrons. The standard InChI is InChI=1S/C6H14N2.C2H6/c1-6-4-3-5-8(2)7-6;1-2/h6-7H,3-5H2,1-2H3;1-2H3. The highest BCUT2D eigenvalue weighted by molar-refractivity contribution is 4.64. The average Bonchev–Trinajstić information content (AvgIpc) is 1.91. The van der Waals surface area contributed by atoms with Gasteiger partial charge in [-0.1, -0.05) is 13.8 Å². The SMILES string of the molecule is CC.CC1CCCN(C)N1. The summed E-state index contributed by atoms with van der Waals surface area (Å²) in [4.78, 5) is 0. The van der Waals surface area contributed by atoms with Gasteiger partial charge in [0.05, 0.1) is 0 Å². The molecule has 0 bridgehead atoms. The second kappa shape index (κ2) is 5.69. The zero-order valence-electron chi connectivity index (χ0n) is 7.65. The van der Waals surface area contributed by atoms with E-state index in [-0.39, 0.29) is 0 Å². The Labute approximate surface area is 64.6 Å². The van der Waals surface area contributed by atoms with Gasteiger partial charge in [0.25, 0.3) is 0 Å². The lowest BCUT2D eigenvalue weighted by Crippen LogP contribution is -2.45. The van der Waals surface area contributed by atoms with E-state index in [9.17, 15) is 0 Å². The fourth-order valence-electron chi connectivity index (χ4n) is 1.14. The predicted molar refractivity (Wildman–Crippen MR) is 45.8 cm³/mol. The van der Waals surface area contributed by atoms with Crippen LogP contribution in [-0.4, -0.2) is 24.6 Å². The molecule has 2 heteroatoms. The van der Waals surface area contributed by atoms with Crippen molar-refractivity contribution in [2.45, 2.75) is 39.7 Å². The smallest absolute Gasteiger partial charge is 0.0187 e. The van der Waals surface area contributed by atoms with Gasteiger partial charge in [0.2, 0.25) is 0 Å². The topological polar surface area (TPSA) is 15.3 Å². The molecule has 1 unspecified atom stereocenters. The van der Waals surface area contributed by atoms with Gasteiger partial charge in [-0.2, -0.15) is 0 Å². The maximum absolute atomic E-state index is 3.31. The summed E-state index contributed by atoms with van der Waals surface area (Å²) in [6, 6.07) is 0.689. The van der Waals surface area contributed by atoms with Gasteiger partial charge in [0.15, 0.2) is 0 Å². The van der Waals surface area contributed by atoms with Gasteiger partial charge in [0.1, 0.15) is 0 Å². The van der Waals surface area contributed by atoms with Gasteiger partial charge in [-0.15, -0.1) is 0 Å². The highest BCUT2D eigenvalue weighted by atomic mass is 15.5. The van der Waals surface area contributed by atoms with Crippen LogP contribution in [0.5, 0.6) is 0 Å². The maximum atomic E-state index is 3.31. The minimum absolute atomic E-state index is 0.689. The van der Waals surface area contributed by atoms with Crippen LogP contribution < -0.4 is 5.43 Å². The minimum atomic E-state index is 0.689. The molecule has 0 aliphatic carbocycles. The third-order valence-electron chi connectivity index (χ3n) is 1.57. The van der Waals surface area contributed by atoms with Crippen molar-refractivity contribution in [3.8, 4) is 0 Å². The Morgan fingerprint density at radius 2 is 2.00 bits per heavy atom. The molecule has 1 aliphatic rings. The first-order valence-corrected chi connectivity index (χ1v) is 4.26. The fraction of sp³-hybridized carbons (Fsp3) is 1.00. The number of hydrogen-bond acceptors (Lipinski definition) is 2. The summed E-state index contributed by atoms with van der Waals surface area (Å²) in [5.41, 5.74) is 3.31. The number of hydrogen-bond donors (Lipinski definition) is 1. The fourth-order valence-corrected chi connectivity index (χ4v) is 1.14. The lowest BCUT2D eigenvalue weighted by Gasteiger charge is -2.28. The second-order valence-electron chi connectivity index (χ2n) is 2.59. The van der Waals surface area contributed by atoms with Crippen molar-refractivity contribution in [1.82, 2.24) is 10.4 Å². The molecule has 62 valence electrons. The third-order valence-corrected chi connectivity index (χ3v) is 1.57. The van der Waals surface area contributed by atoms with Gasteiger partial charge in [0, 0.05) is 19.6 Å². The van der Waals surface area contributed by atoms with Crippen molar-refractivity contribution < 1.29 is 0 Å². The molecule has 0 saturated carbocycles. The normalized spacial score (nSPS) is 27.0. The van der Waals surface area contributed by atoms with E-state index in [1.807, 2.05) is 13.8 Å². The first kappa shape index (κ1) is 9.92. The van der Waals surface area contributed by atoms with E-state index in [1.54, 1.807) is 0 Å². The van der Waals surface area contributed by atoms with E-state index >= 15 is 0 Å². The Morgan fingerprint density at radius 1 is 1.40 bits per heavy atom. The van der Waals surface area contributed by atoms with E-state index in [1.165, 1.54) is 19.4 Å². The van der Waals surface area contributed by atoms with Gasteiger partial charge >= 0.3 is 0 Å². The number of nitrogens with zero attached hydrogens (tertiary/aromatic N) is 1. The van der Waals surface area contributed by atoms with Gasteiger partial charge in [-0.3, -0.25) is 5.43 Å². The molecule has 0 aromatic rings. The van der Waals surface area contributed by atoms with E-state index in [0.29, 0.717) is 6.04 Å². The van der Waals surface area contributed by atoms with E-state index in [4.69, 9.17) is 0 Å². The van der Waals surface area contributed by atoms with Gasteiger partial charge in [-0.25, -0.2) is 5.01 Å². The zero-order chi connectivity index (χ0) is 7.98. The van der Waals surface area contributed by atoms with Crippen LogP contribution in [0, 0.1) is 0 Å². The summed E-state index contributed by atoms with van der Waals surface area (Å²) >= 11 is 0. The average molecular weight is 144 g/mol. The largest absolute Gasteiger partial charge is 0.253 e. The van der Waals surface area contributed by atoms with Crippen molar-refractivity contribution in [2.24, 2.45) is 0 Å². The summed E-state index contributed by atoms with van der Waals surface area (Å²) in [6.07, 6.45) is 2.66. The predicted octanol–water partition coefficient (Wildman–Crippen LogP) is 1.63. The van der Waals surface area contributed by atoms with Crippen molar-refractivity contribution in [2.75, 3.05) is 13.6 Å². The highest BCUT2D eigenvalue weighted by Gasteiger charge is 2.09. The molecule has 1 saturated heterocycles. The lowest BCUT2D eigenvalue weighted by atomic mass is 10.1. The van der Waals surface area contributed by atoms with Crippen molar-refractivity contribution in [3.05, 3.63) is 0 Å². The molecule has 1 N–H and O–H groups in total. The summed E-state index contributed by atoms with van der Waals surface area (Å²) in [5, 5.41) is 2.16. The molecular formula is C8H20N2. The van der Waals surface area contributed by atoms with E-state index < -0.39 is 0 Å². The molecule has 1 fully saturated rings. The van der Waals surface area contributed by atoms with Crippen molar-refractivity contribution in [3.63, 3.8) is 0 Å². The summed E-state index contributed by atoms with van der Waals surface area (Å²) in [5.74, 6) is 0.